The normalized spacial score (nSPS) is 22.4. The summed E-state index contributed by atoms with van der Waals surface area (Å²) in [6, 6.07) is 0.120. The van der Waals surface area contributed by atoms with Crippen LogP contribution in [0.4, 0.5) is 0 Å². The molecule has 0 aliphatic heterocycles. The lowest BCUT2D eigenvalue weighted by Crippen LogP contribution is -2.28. The van der Waals surface area contributed by atoms with Crippen molar-refractivity contribution in [3.63, 3.8) is 0 Å². The number of hydrogen-bond donors (Lipinski definition) is 2. The molecule has 0 fully saturated rings. The highest BCUT2D eigenvalue weighted by Crippen LogP contribution is 2.43. The van der Waals surface area contributed by atoms with E-state index in [0.717, 1.165) is 29.4 Å². The third-order valence-electron chi connectivity index (χ3n) is 3.18. The SMILES string of the molecule is CC1(C)Cc2nc(-c3ncc[nH]3)sc2C(N)C1. The highest BCUT2D eigenvalue weighted by Gasteiger charge is 2.33. The lowest BCUT2D eigenvalue weighted by atomic mass is 9.77. The average molecular weight is 248 g/mol. The monoisotopic (exact) mass is 248 g/mol. The number of nitrogens with one attached hydrogen (secondary N) is 1. The molecule has 3 rings (SSSR count). The van der Waals surface area contributed by atoms with Gasteiger partial charge in [0.25, 0.3) is 0 Å². The first kappa shape index (κ1) is 10.9. The van der Waals surface area contributed by atoms with Gasteiger partial charge in [-0.2, -0.15) is 0 Å². The van der Waals surface area contributed by atoms with Gasteiger partial charge in [0.1, 0.15) is 0 Å². The van der Waals surface area contributed by atoms with Crippen LogP contribution in [0.25, 0.3) is 10.8 Å². The maximum absolute atomic E-state index is 6.23. The summed E-state index contributed by atoms with van der Waals surface area (Å²) in [5.74, 6) is 0.842. The Morgan fingerprint density at radius 2 is 2.35 bits per heavy atom. The van der Waals surface area contributed by atoms with Crippen LogP contribution in [-0.4, -0.2) is 15.0 Å². The first-order valence-corrected chi connectivity index (χ1v) is 6.62. The third-order valence-corrected chi connectivity index (χ3v) is 4.42. The van der Waals surface area contributed by atoms with Crippen molar-refractivity contribution in [2.45, 2.75) is 32.7 Å². The second-order valence-electron chi connectivity index (χ2n) is 5.42. The molecule has 0 saturated carbocycles. The second kappa shape index (κ2) is 3.65. The maximum Gasteiger partial charge on any atom is 0.166 e. The number of nitrogens with two attached hydrogens (primary N) is 1. The van der Waals surface area contributed by atoms with Crippen LogP contribution in [0.3, 0.4) is 0 Å². The molecular weight excluding hydrogens is 232 g/mol. The molecule has 90 valence electrons. The third kappa shape index (κ3) is 1.89. The number of imidazole rings is 1. The predicted molar refractivity (Wildman–Crippen MR) is 68.7 cm³/mol. The Balaban J connectivity index is 2.04. The van der Waals surface area contributed by atoms with E-state index in [1.54, 1.807) is 17.5 Å². The Labute approximate surface area is 104 Å². The minimum Gasteiger partial charge on any atom is -0.343 e. The van der Waals surface area contributed by atoms with Crippen LogP contribution in [0.1, 0.15) is 36.9 Å². The van der Waals surface area contributed by atoms with Gasteiger partial charge in [-0.3, -0.25) is 0 Å². The van der Waals surface area contributed by atoms with Crippen molar-refractivity contribution in [2.24, 2.45) is 11.1 Å². The second-order valence-corrected chi connectivity index (χ2v) is 6.45. The van der Waals surface area contributed by atoms with Gasteiger partial charge in [-0.25, -0.2) is 9.97 Å². The molecule has 4 nitrogen and oxygen atoms in total. The number of aromatic amines is 1. The van der Waals surface area contributed by atoms with Crippen molar-refractivity contribution in [2.75, 3.05) is 0 Å². The molecule has 17 heavy (non-hydrogen) atoms. The zero-order valence-corrected chi connectivity index (χ0v) is 10.8. The summed E-state index contributed by atoms with van der Waals surface area (Å²) in [4.78, 5) is 13.3. The minimum absolute atomic E-state index is 0.120. The molecule has 0 spiro atoms. The van der Waals surface area contributed by atoms with Gasteiger partial charge in [0.15, 0.2) is 10.8 Å². The van der Waals surface area contributed by atoms with Crippen LogP contribution in [-0.2, 0) is 6.42 Å². The zero-order valence-electron chi connectivity index (χ0n) is 10.0. The molecule has 2 aromatic rings. The molecule has 0 amide bonds. The van der Waals surface area contributed by atoms with E-state index >= 15 is 0 Å². The molecule has 0 radical (unpaired) electrons. The van der Waals surface area contributed by atoms with Crippen molar-refractivity contribution >= 4 is 11.3 Å². The van der Waals surface area contributed by atoms with Gasteiger partial charge in [0.2, 0.25) is 0 Å². The molecule has 1 aliphatic rings. The number of fused-ring (bicyclic) bond motifs is 1. The summed E-state index contributed by atoms with van der Waals surface area (Å²) in [5, 5.41) is 0.952. The first-order valence-electron chi connectivity index (χ1n) is 5.80. The zero-order chi connectivity index (χ0) is 12.0. The van der Waals surface area contributed by atoms with Gasteiger partial charge < -0.3 is 10.7 Å². The molecule has 2 heterocycles. The largest absolute Gasteiger partial charge is 0.343 e. The van der Waals surface area contributed by atoms with Gasteiger partial charge >= 0.3 is 0 Å². The van der Waals surface area contributed by atoms with E-state index in [-0.39, 0.29) is 11.5 Å². The lowest BCUT2D eigenvalue weighted by Gasteiger charge is -2.32. The van der Waals surface area contributed by atoms with Crippen molar-refractivity contribution in [1.29, 1.82) is 0 Å². The number of hydrogen-bond acceptors (Lipinski definition) is 4. The number of aromatic nitrogens is 3. The molecule has 2 aromatic heterocycles. The van der Waals surface area contributed by atoms with Gasteiger partial charge in [-0.15, -0.1) is 11.3 Å². The van der Waals surface area contributed by atoms with E-state index in [4.69, 9.17) is 5.73 Å². The summed E-state index contributed by atoms with van der Waals surface area (Å²) < 4.78 is 0. The molecule has 1 unspecified atom stereocenters. The number of nitrogens with zero attached hydrogens (tertiary/aromatic N) is 2. The Kier molecular flexibility index (Phi) is 2.34. The van der Waals surface area contributed by atoms with Crippen LogP contribution in [0.2, 0.25) is 0 Å². The lowest BCUT2D eigenvalue weighted by molar-refractivity contribution is 0.282. The van der Waals surface area contributed by atoms with Crippen LogP contribution >= 0.6 is 11.3 Å². The van der Waals surface area contributed by atoms with Crippen LogP contribution in [0, 0.1) is 5.41 Å². The maximum atomic E-state index is 6.23. The molecule has 0 saturated heterocycles. The quantitative estimate of drug-likeness (QED) is 0.814. The molecular formula is C12H16N4S. The first-order chi connectivity index (χ1) is 8.05. The Morgan fingerprint density at radius 1 is 1.53 bits per heavy atom. The number of rotatable bonds is 1. The van der Waals surface area contributed by atoms with Gasteiger partial charge in [-0.1, -0.05) is 13.8 Å². The fourth-order valence-electron chi connectivity index (χ4n) is 2.48. The van der Waals surface area contributed by atoms with E-state index in [1.165, 1.54) is 4.88 Å². The average Bonchev–Trinajstić information content (AvgIpc) is 2.81. The topological polar surface area (TPSA) is 67.6 Å². The fraction of sp³-hybridized carbons (Fsp3) is 0.500. The van der Waals surface area contributed by atoms with Crippen LogP contribution in [0.5, 0.6) is 0 Å². The Morgan fingerprint density at radius 3 is 3.06 bits per heavy atom. The van der Waals surface area contributed by atoms with E-state index in [9.17, 15) is 0 Å². The van der Waals surface area contributed by atoms with Crippen LogP contribution < -0.4 is 5.73 Å². The number of thiazole rings is 1. The van der Waals surface area contributed by atoms with E-state index in [1.807, 2.05) is 6.20 Å². The molecule has 0 aromatic carbocycles. The van der Waals surface area contributed by atoms with Crippen molar-refractivity contribution in [1.82, 2.24) is 15.0 Å². The number of H-pyrrole nitrogens is 1. The molecule has 1 aliphatic carbocycles. The molecule has 0 bridgehead atoms. The summed E-state index contributed by atoms with van der Waals surface area (Å²) in [6.07, 6.45) is 5.60. The predicted octanol–water partition coefficient (Wildman–Crippen LogP) is 2.51. The van der Waals surface area contributed by atoms with Gasteiger partial charge in [-0.05, 0) is 18.3 Å². The summed E-state index contributed by atoms with van der Waals surface area (Å²) in [7, 11) is 0. The van der Waals surface area contributed by atoms with Crippen molar-refractivity contribution < 1.29 is 0 Å². The Bertz CT molecular complexity index is 527. The van der Waals surface area contributed by atoms with E-state index < -0.39 is 0 Å². The Hall–Kier alpha value is -1.20. The van der Waals surface area contributed by atoms with Gasteiger partial charge in [0, 0.05) is 23.3 Å². The summed E-state index contributed by atoms with van der Waals surface area (Å²) in [6.45, 7) is 4.50. The summed E-state index contributed by atoms with van der Waals surface area (Å²) in [5.41, 5.74) is 7.64. The summed E-state index contributed by atoms with van der Waals surface area (Å²) >= 11 is 1.67. The minimum atomic E-state index is 0.120. The van der Waals surface area contributed by atoms with Gasteiger partial charge in [0.05, 0.1) is 5.69 Å². The molecule has 1 atom stereocenters. The van der Waals surface area contributed by atoms with Crippen molar-refractivity contribution in [3.8, 4) is 10.8 Å². The highest BCUT2D eigenvalue weighted by molar-refractivity contribution is 7.15. The van der Waals surface area contributed by atoms with E-state index in [2.05, 4.69) is 28.8 Å². The molecule has 3 N–H and O–H groups in total. The molecule has 5 heteroatoms. The smallest absolute Gasteiger partial charge is 0.166 e. The van der Waals surface area contributed by atoms with Crippen LogP contribution in [0.15, 0.2) is 12.4 Å². The highest BCUT2D eigenvalue weighted by atomic mass is 32.1. The van der Waals surface area contributed by atoms with Crippen molar-refractivity contribution in [3.05, 3.63) is 23.0 Å². The standard InChI is InChI=1S/C12H16N4S/c1-12(2)5-7(13)9-8(6-12)16-11(17-9)10-14-3-4-15-10/h3-4,7H,5-6,13H2,1-2H3,(H,14,15). The van der Waals surface area contributed by atoms with E-state index in [0.29, 0.717) is 0 Å². The fourth-order valence-corrected chi connectivity index (χ4v) is 3.52.